The van der Waals surface area contributed by atoms with Crippen LogP contribution >= 0.6 is 0 Å². The van der Waals surface area contributed by atoms with E-state index in [0.29, 0.717) is 0 Å². The van der Waals surface area contributed by atoms with Crippen LogP contribution in [-0.2, 0) is 0 Å². The van der Waals surface area contributed by atoms with Crippen molar-refractivity contribution >= 4 is 0 Å². The highest BCUT2D eigenvalue weighted by molar-refractivity contribution is 4.70. The van der Waals surface area contributed by atoms with E-state index < -0.39 is 0 Å². The van der Waals surface area contributed by atoms with Crippen molar-refractivity contribution in [1.82, 2.24) is 4.90 Å². The van der Waals surface area contributed by atoms with Gasteiger partial charge in [-0.2, -0.15) is 0 Å². The van der Waals surface area contributed by atoms with Crippen molar-refractivity contribution in [2.24, 2.45) is 0 Å². The summed E-state index contributed by atoms with van der Waals surface area (Å²) in [7, 11) is 0. The van der Waals surface area contributed by atoms with Gasteiger partial charge in [0.25, 0.3) is 0 Å². The normalized spacial score (nSPS) is 12.6. The molecule has 0 radical (unpaired) electrons. The lowest BCUT2D eigenvalue weighted by Crippen LogP contribution is -2.36. The van der Waals surface area contributed by atoms with Gasteiger partial charge in [-0.1, -0.05) is 175 Å². The number of hydrogen-bond acceptors (Lipinski definition) is 1. The first kappa shape index (κ1) is 35.0. The summed E-state index contributed by atoms with van der Waals surface area (Å²) in [6.45, 7) is 11.9. The largest absolute Gasteiger partial charge is 0.300 e. The molecule has 0 aromatic heterocycles. The first-order chi connectivity index (χ1) is 17.3. The molecule has 0 aromatic rings. The van der Waals surface area contributed by atoms with Gasteiger partial charge in [0.05, 0.1) is 0 Å². The molecule has 0 amide bonds. The van der Waals surface area contributed by atoms with Gasteiger partial charge in [0, 0.05) is 6.04 Å². The minimum absolute atomic E-state index is 0.838. The van der Waals surface area contributed by atoms with Crippen LogP contribution in [0.4, 0.5) is 0 Å². The zero-order valence-electron chi connectivity index (χ0n) is 25.5. The average molecular weight is 494 g/mol. The molecule has 1 nitrogen and oxygen atoms in total. The van der Waals surface area contributed by atoms with Gasteiger partial charge >= 0.3 is 0 Å². The molecule has 212 valence electrons. The topological polar surface area (TPSA) is 3.24 Å². The number of unbranched alkanes of at least 4 members (excludes halogenated alkanes) is 22. The fourth-order valence-electron chi connectivity index (χ4n) is 5.86. The highest BCUT2D eigenvalue weighted by Gasteiger charge is 2.14. The summed E-state index contributed by atoms with van der Waals surface area (Å²) in [5.74, 6) is 0. The predicted molar refractivity (Wildman–Crippen MR) is 163 cm³/mol. The van der Waals surface area contributed by atoms with E-state index in [4.69, 9.17) is 0 Å². The van der Waals surface area contributed by atoms with Gasteiger partial charge in [0.15, 0.2) is 0 Å². The fourth-order valence-corrected chi connectivity index (χ4v) is 5.86. The summed E-state index contributed by atoms with van der Waals surface area (Å²) >= 11 is 0. The van der Waals surface area contributed by atoms with Crippen LogP contribution in [0.1, 0.15) is 201 Å². The lowest BCUT2D eigenvalue weighted by Gasteiger charge is -2.30. The molecule has 0 saturated heterocycles. The molecule has 0 rings (SSSR count). The highest BCUT2D eigenvalue weighted by Crippen LogP contribution is 2.18. The van der Waals surface area contributed by atoms with Crippen LogP contribution in [0.15, 0.2) is 0 Å². The summed E-state index contributed by atoms with van der Waals surface area (Å²) < 4.78 is 0. The monoisotopic (exact) mass is 494 g/mol. The van der Waals surface area contributed by atoms with Crippen LogP contribution in [0.2, 0.25) is 0 Å². The third-order valence-corrected chi connectivity index (χ3v) is 8.15. The van der Waals surface area contributed by atoms with Crippen LogP contribution in [0, 0.1) is 0 Å². The predicted octanol–water partition coefficient (Wildman–Crippen LogP) is 12.3. The Morgan fingerprint density at radius 1 is 0.343 bits per heavy atom. The molecule has 1 atom stereocenters. The summed E-state index contributed by atoms with van der Waals surface area (Å²) in [6, 6.07) is 0.838. The Morgan fingerprint density at radius 2 is 0.629 bits per heavy atom. The third kappa shape index (κ3) is 25.4. The van der Waals surface area contributed by atoms with Crippen molar-refractivity contribution in [3.63, 3.8) is 0 Å². The summed E-state index contributed by atoms with van der Waals surface area (Å²) in [6.07, 6.45) is 39.3. The molecule has 0 aromatic carbocycles. The number of rotatable bonds is 30. The molecule has 35 heavy (non-hydrogen) atoms. The molecule has 0 aliphatic heterocycles. The molecule has 1 heteroatoms. The van der Waals surface area contributed by atoms with E-state index >= 15 is 0 Å². The first-order valence-corrected chi connectivity index (χ1v) is 17.0. The molecule has 0 N–H and O–H groups in total. The fraction of sp³-hybridized carbons (Fsp3) is 1.00. The second kappa shape index (κ2) is 30.2. The summed E-state index contributed by atoms with van der Waals surface area (Å²) in [4.78, 5) is 2.76. The Bertz CT molecular complexity index is 360. The maximum Gasteiger partial charge on any atom is 0.00926 e. The van der Waals surface area contributed by atoms with Crippen molar-refractivity contribution < 1.29 is 0 Å². The number of nitrogens with zero attached hydrogens (tertiary/aromatic N) is 1. The minimum atomic E-state index is 0.838. The van der Waals surface area contributed by atoms with Crippen molar-refractivity contribution in [2.75, 3.05) is 13.1 Å². The lowest BCUT2D eigenvalue weighted by molar-refractivity contribution is 0.178. The SMILES string of the molecule is CCCCCCCCCCCCCCCCCCCCCCCCCC(CC)N(CCC)CCC. The maximum absolute atomic E-state index is 2.76. The van der Waals surface area contributed by atoms with Gasteiger partial charge in [0.2, 0.25) is 0 Å². The molecule has 1 unspecified atom stereocenters. The van der Waals surface area contributed by atoms with Crippen LogP contribution in [-0.4, -0.2) is 24.0 Å². The Kier molecular flexibility index (Phi) is 30.2. The van der Waals surface area contributed by atoms with E-state index in [-0.39, 0.29) is 0 Å². The summed E-state index contributed by atoms with van der Waals surface area (Å²) in [5, 5.41) is 0. The second-order valence-corrected chi connectivity index (χ2v) is 11.7. The van der Waals surface area contributed by atoms with Gasteiger partial charge in [-0.15, -0.1) is 0 Å². The molecular formula is C34H71N. The maximum atomic E-state index is 2.76. The van der Waals surface area contributed by atoms with E-state index in [9.17, 15) is 0 Å². The van der Waals surface area contributed by atoms with Gasteiger partial charge in [-0.05, 0) is 38.8 Å². The minimum Gasteiger partial charge on any atom is -0.300 e. The molecule has 0 aliphatic carbocycles. The lowest BCUT2D eigenvalue weighted by atomic mass is 10.0. The second-order valence-electron chi connectivity index (χ2n) is 11.7. The van der Waals surface area contributed by atoms with Crippen molar-refractivity contribution in [1.29, 1.82) is 0 Å². The van der Waals surface area contributed by atoms with Gasteiger partial charge in [-0.25, -0.2) is 0 Å². The quantitative estimate of drug-likeness (QED) is 0.0899. The van der Waals surface area contributed by atoms with Gasteiger partial charge < -0.3 is 4.90 Å². The van der Waals surface area contributed by atoms with Crippen LogP contribution in [0.25, 0.3) is 0 Å². The Labute approximate surface area is 225 Å². The van der Waals surface area contributed by atoms with Crippen LogP contribution in [0.3, 0.4) is 0 Å². The van der Waals surface area contributed by atoms with E-state index in [1.807, 2.05) is 0 Å². The number of hydrogen-bond donors (Lipinski definition) is 0. The van der Waals surface area contributed by atoms with Crippen molar-refractivity contribution in [3.05, 3.63) is 0 Å². The molecule has 0 spiro atoms. The molecule has 0 fully saturated rings. The zero-order valence-corrected chi connectivity index (χ0v) is 25.5. The van der Waals surface area contributed by atoms with Gasteiger partial charge in [-0.3, -0.25) is 0 Å². The molecule has 0 saturated carbocycles. The van der Waals surface area contributed by atoms with Crippen LogP contribution in [0.5, 0.6) is 0 Å². The Balaban J connectivity index is 3.27. The van der Waals surface area contributed by atoms with E-state index in [2.05, 4.69) is 32.6 Å². The third-order valence-electron chi connectivity index (χ3n) is 8.15. The highest BCUT2D eigenvalue weighted by atomic mass is 15.1. The van der Waals surface area contributed by atoms with E-state index in [1.54, 1.807) is 0 Å². The van der Waals surface area contributed by atoms with Crippen LogP contribution < -0.4 is 0 Å². The van der Waals surface area contributed by atoms with Crippen molar-refractivity contribution in [3.8, 4) is 0 Å². The Hall–Kier alpha value is -0.0400. The van der Waals surface area contributed by atoms with E-state index in [1.165, 1.54) is 186 Å². The molecule has 0 bridgehead atoms. The first-order valence-electron chi connectivity index (χ1n) is 17.0. The zero-order chi connectivity index (χ0) is 25.7. The summed E-state index contributed by atoms with van der Waals surface area (Å²) in [5.41, 5.74) is 0. The average Bonchev–Trinajstić information content (AvgIpc) is 2.86. The Morgan fingerprint density at radius 3 is 0.886 bits per heavy atom. The van der Waals surface area contributed by atoms with Gasteiger partial charge in [0.1, 0.15) is 0 Å². The standard InChI is InChI=1S/C34H71N/c1-5-9-10-11-12-13-14-15-16-17-18-19-20-21-22-23-24-25-26-27-28-29-30-31-34(8-4)35(32-6-2)33-7-3/h34H,5-33H2,1-4H3. The smallest absolute Gasteiger partial charge is 0.00926 e. The van der Waals surface area contributed by atoms with E-state index in [0.717, 1.165) is 6.04 Å². The van der Waals surface area contributed by atoms with Crippen molar-refractivity contribution in [2.45, 2.75) is 207 Å². The molecular weight excluding hydrogens is 422 g/mol. The molecule has 0 heterocycles. The molecule has 0 aliphatic rings.